The van der Waals surface area contributed by atoms with Crippen molar-refractivity contribution in [1.29, 1.82) is 5.26 Å². The average molecular weight is 591 g/mol. The molecule has 0 aliphatic carbocycles. The number of unbranched alkanes of at least 4 members (excludes halogenated alkanes) is 1. The van der Waals surface area contributed by atoms with Crippen LogP contribution < -0.4 is 14.2 Å². The monoisotopic (exact) mass is 590 g/mol. The van der Waals surface area contributed by atoms with Crippen LogP contribution in [0.1, 0.15) is 64.4 Å². The zero-order chi connectivity index (χ0) is 30.1. The van der Waals surface area contributed by atoms with E-state index in [4.69, 9.17) is 31.1 Å². The van der Waals surface area contributed by atoms with E-state index in [1.807, 2.05) is 26.0 Å². The summed E-state index contributed by atoms with van der Waals surface area (Å²) < 4.78 is 46.1. The lowest BCUT2D eigenvalue weighted by Crippen LogP contribution is -2.04. The Balaban J connectivity index is 1.58. The number of hydrogen-bond acceptors (Lipinski definition) is 6. The van der Waals surface area contributed by atoms with Crippen LogP contribution in [0.4, 0.5) is 8.78 Å². The normalized spacial score (nSPS) is 10.8. The molecule has 4 aromatic rings. The summed E-state index contributed by atoms with van der Waals surface area (Å²) in [7, 11) is 0. The largest absolute Gasteiger partial charge is 0.493 e. The number of benzene rings is 3. The Morgan fingerprint density at radius 3 is 2.48 bits per heavy atom. The molecule has 0 fully saturated rings. The zero-order valence-corrected chi connectivity index (χ0v) is 24.0. The lowest BCUT2D eigenvalue weighted by molar-refractivity contribution is 0.111. The molecule has 0 bridgehead atoms. The van der Waals surface area contributed by atoms with E-state index in [0.29, 0.717) is 35.1 Å². The van der Waals surface area contributed by atoms with Crippen LogP contribution in [-0.2, 0) is 13.2 Å². The van der Waals surface area contributed by atoms with E-state index in [-0.39, 0.29) is 46.6 Å². The number of halogens is 3. The second-order valence-electron chi connectivity index (χ2n) is 9.52. The van der Waals surface area contributed by atoms with E-state index in [1.54, 1.807) is 42.6 Å². The lowest BCUT2D eigenvalue weighted by atomic mass is 9.93. The molecule has 0 spiro atoms. The molecule has 216 valence electrons. The minimum absolute atomic E-state index is 0.0687. The fourth-order valence-electron chi connectivity index (χ4n) is 4.41. The van der Waals surface area contributed by atoms with Crippen LogP contribution in [0.2, 0.25) is 5.02 Å². The molecular weight excluding hydrogens is 562 g/mol. The van der Waals surface area contributed by atoms with E-state index >= 15 is 0 Å². The maximum atomic E-state index is 14.3. The predicted octanol–water partition coefficient (Wildman–Crippen LogP) is 8.67. The van der Waals surface area contributed by atoms with Crippen molar-refractivity contribution < 1.29 is 27.8 Å². The molecule has 3 aromatic carbocycles. The molecule has 6 nitrogen and oxygen atoms in total. The third-order valence-corrected chi connectivity index (χ3v) is 6.96. The summed E-state index contributed by atoms with van der Waals surface area (Å²) in [6.45, 7) is 4.38. The Morgan fingerprint density at radius 2 is 1.74 bits per heavy atom. The first-order valence-corrected chi connectivity index (χ1v) is 13.7. The van der Waals surface area contributed by atoms with Gasteiger partial charge < -0.3 is 14.2 Å². The Morgan fingerprint density at radius 1 is 0.976 bits per heavy atom. The van der Waals surface area contributed by atoms with Crippen LogP contribution in [0.25, 0.3) is 11.1 Å². The second kappa shape index (κ2) is 14.4. The van der Waals surface area contributed by atoms with Crippen LogP contribution in [0.3, 0.4) is 0 Å². The van der Waals surface area contributed by atoms with E-state index in [0.717, 1.165) is 24.0 Å². The van der Waals surface area contributed by atoms with Crippen LogP contribution in [0.5, 0.6) is 17.2 Å². The molecule has 1 aromatic heterocycles. The topological polar surface area (TPSA) is 81.4 Å². The molecular formula is C33H29ClF2N2O4. The molecule has 0 aliphatic heterocycles. The van der Waals surface area contributed by atoms with Gasteiger partial charge in [-0.1, -0.05) is 55.3 Å². The van der Waals surface area contributed by atoms with Gasteiger partial charge in [0.1, 0.15) is 36.5 Å². The summed E-state index contributed by atoms with van der Waals surface area (Å²) in [6.07, 6.45) is 2.59. The molecule has 0 unspecified atom stereocenters. The highest BCUT2D eigenvalue weighted by atomic mass is 35.5. The van der Waals surface area contributed by atoms with Gasteiger partial charge in [-0.3, -0.25) is 9.78 Å². The van der Waals surface area contributed by atoms with Crippen LogP contribution in [0.15, 0.2) is 67.0 Å². The van der Waals surface area contributed by atoms with Gasteiger partial charge in [0, 0.05) is 24.0 Å². The van der Waals surface area contributed by atoms with Crippen molar-refractivity contribution in [2.24, 2.45) is 0 Å². The van der Waals surface area contributed by atoms with E-state index in [1.165, 1.54) is 18.3 Å². The minimum atomic E-state index is -2.72. The van der Waals surface area contributed by atoms with Gasteiger partial charge in [0.25, 0.3) is 6.43 Å². The van der Waals surface area contributed by atoms with Crippen LogP contribution in [-0.4, -0.2) is 17.9 Å². The smallest absolute Gasteiger partial charge is 0.268 e. The van der Waals surface area contributed by atoms with Crippen molar-refractivity contribution >= 4 is 17.9 Å². The highest BCUT2D eigenvalue weighted by molar-refractivity contribution is 6.32. The predicted molar refractivity (Wildman–Crippen MR) is 156 cm³/mol. The number of ether oxygens (including phenoxy) is 3. The lowest BCUT2D eigenvalue weighted by Gasteiger charge is -2.18. The molecule has 0 atom stereocenters. The first kappa shape index (κ1) is 30.5. The van der Waals surface area contributed by atoms with Crippen molar-refractivity contribution in [2.45, 2.75) is 46.3 Å². The van der Waals surface area contributed by atoms with Gasteiger partial charge in [-0.2, -0.15) is 5.26 Å². The van der Waals surface area contributed by atoms with Crippen molar-refractivity contribution in [3.63, 3.8) is 0 Å². The number of alkyl halides is 2. The minimum Gasteiger partial charge on any atom is -0.493 e. The molecule has 0 saturated carbocycles. The van der Waals surface area contributed by atoms with Crippen LogP contribution >= 0.6 is 11.6 Å². The van der Waals surface area contributed by atoms with Crippen LogP contribution in [0, 0.1) is 18.3 Å². The van der Waals surface area contributed by atoms with Gasteiger partial charge in [-0.25, -0.2) is 8.78 Å². The number of rotatable bonds is 13. The molecule has 4 rings (SSSR count). The number of hydrogen-bond donors (Lipinski definition) is 0. The quantitative estimate of drug-likeness (QED) is 0.114. The first-order chi connectivity index (χ1) is 20.4. The highest BCUT2D eigenvalue weighted by Crippen LogP contribution is 2.40. The highest BCUT2D eigenvalue weighted by Gasteiger charge is 2.22. The molecule has 0 saturated heterocycles. The number of carbonyl (C=O) groups is 1. The number of aldehydes is 1. The maximum absolute atomic E-state index is 14.3. The molecule has 0 amide bonds. The number of nitrogens with zero attached hydrogens (tertiary/aromatic N) is 2. The number of pyridine rings is 1. The second-order valence-corrected chi connectivity index (χ2v) is 9.93. The third kappa shape index (κ3) is 7.23. The summed E-state index contributed by atoms with van der Waals surface area (Å²) in [5.41, 5.74) is 3.72. The Labute approximate surface area is 248 Å². The van der Waals surface area contributed by atoms with Gasteiger partial charge in [0.05, 0.1) is 28.3 Å². The standard InChI is InChI=1S/C33H29ClF2N2O4/c1-3-4-11-40-29-10-6-9-27(32(29)33(35)36)26-8-5-7-24(21(26)2)20-42-31-14-30(25(18-39)13-28(31)34)41-19-23-12-22(15-37)16-38-17-23/h5-10,12-14,16-18,33H,3-4,11,19-20H2,1-2H3. The molecule has 0 aliphatic rings. The van der Waals surface area contributed by atoms with Crippen molar-refractivity contribution in [1.82, 2.24) is 4.98 Å². The van der Waals surface area contributed by atoms with Crippen molar-refractivity contribution in [3.05, 3.63) is 105 Å². The first-order valence-electron chi connectivity index (χ1n) is 13.4. The molecule has 1 heterocycles. The SMILES string of the molecule is CCCCOc1cccc(-c2cccc(COc3cc(OCc4cncc(C#N)c4)c(C=O)cc3Cl)c2C)c1C(F)F. The van der Waals surface area contributed by atoms with Gasteiger partial charge >= 0.3 is 0 Å². The summed E-state index contributed by atoms with van der Waals surface area (Å²) in [6, 6.07) is 17.0. The molecule has 0 radical (unpaired) electrons. The van der Waals surface area contributed by atoms with Gasteiger partial charge in [0.2, 0.25) is 0 Å². The number of aromatic nitrogens is 1. The Kier molecular flexibility index (Phi) is 10.5. The van der Waals surface area contributed by atoms with Gasteiger partial charge in [0.15, 0.2) is 6.29 Å². The van der Waals surface area contributed by atoms with E-state index in [2.05, 4.69) is 4.98 Å². The number of carbonyl (C=O) groups excluding carboxylic acids is 1. The third-order valence-electron chi connectivity index (χ3n) is 6.67. The summed E-state index contributed by atoms with van der Waals surface area (Å²) >= 11 is 6.41. The summed E-state index contributed by atoms with van der Waals surface area (Å²) in [4.78, 5) is 15.7. The fraction of sp³-hybridized carbons (Fsp3) is 0.242. The molecule has 42 heavy (non-hydrogen) atoms. The molecule has 9 heteroatoms. The Hall–Kier alpha value is -4.48. The zero-order valence-electron chi connectivity index (χ0n) is 23.2. The van der Waals surface area contributed by atoms with Gasteiger partial charge in [-0.05, 0) is 53.8 Å². The number of nitriles is 1. The van der Waals surface area contributed by atoms with E-state index < -0.39 is 6.43 Å². The summed E-state index contributed by atoms with van der Waals surface area (Å²) in [5, 5.41) is 9.30. The maximum Gasteiger partial charge on any atom is 0.268 e. The van der Waals surface area contributed by atoms with Crippen molar-refractivity contribution in [2.75, 3.05) is 6.61 Å². The van der Waals surface area contributed by atoms with E-state index in [9.17, 15) is 13.6 Å². The summed E-state index contributed by atoms with van der Waals surface area (Å²) in [5.74, 6) is 0.714. The fourth-order valence-corrected chi connectivity index (χ4v) is 4.64. The van der Waals surface area contributed by atoms with Gasteiger partial charge in [-0.15, -0.1) is 0 Å². The average Bonchev–Trinajstić information content (AvgIpc) is 3.00. The Bertz CT molecular complexity index is 1600. The van der Waals surface area contributed by atoms with Crippen molar-refractivity contribution in [3.8, 4) is 34.4 Å². The molecule has 0 N–H and O–H groups in total.